The Labute approximate surface area is 79.4 Å². The lowest BCUT2D eigenvalue weighted by molar-refractivity contribution is 0.616. The van der Waals surface area contributed by atoms with Crippen molar-refractivity contribution in [3.63, 3.8) is 0 Å². The predicted octanol–water partition coefficient (Wildman–Crippen LogP) is 1.68. The van der Waals surface area contributed by atoms with Crippen LogP contribution in [0, 0.1) is 5.82 Å². The second-order valence-corrected chi connectivity index (χ2v) is 4.47. The Bertz CT molecular complexity index is 327. The zero-order chi connectivity index (χ0) is 9.84. The van der Waals surface area contributed by atoms with E-state index < -0.39 is 10.8 Å². The number of hydrogen-bond donors (Lipinski definition) is 1. The van der Waals surface area contributed by atoms with Gasteiger partial charge < -0.3 is 5.73 Å². The summed E-state index contributed by atoms with van der Waals surface area (Å²) in [5.74, 6) is 0.439. The van der Waals surface area contributed by atoms with Crippen LogP contribution in [0.5, 0.6) is 0 Å². The molecular weight excluding hydrogens is 189 g/mol. The van der Waals surface area contributed by atoms with E-state index in [1.54, 1.807) is 12.1 Å². The highest BCUT2D eigenvalue weighted by molar-refractivity contribution is 7.84. The van der Waals surface area contributed by atoms with Gasteiger partial charge in [0, 0.05) is 27.8 Å². The van der Waals surface area contributed by atoms with Gasteiger partial charge in [0.1, 0.15) is 5.82 Å². The van der Waals surface area contributed by atoms with Crippen LogP contribution in [0.15, 0.2) is 18.2 Å². The molecule has 1 unspecified atom stereocenters. The molecule has 0 aromatic heterocycles. The third kappa shape index (κ3) is 2.81. The van der Waals surface area contributed by atoms with Crippen molar-refractivity contribution in [2.24, 2.45) is 0 Å². The minimum Gasteiger partial charge on any atom is -0.399 e. The molecule has 0 saturated carbocycles. The molecule has 0 aliphatic carbocycles. The second-order valence-electron chi connectivity index (χ2n) is 2.72. The Kier molecular flexibility index (Phi) is 3.42. The molecule has 0 amide bonds. The molecule has 0 radical (unpaired) electrons. The molecular formula is C9H12FNOS. The molecule has 0 aliphatic heterocycles. The Morgan fingerprint density at radius 2 is 2.23 bits per heavy atom. The highest BCUT2D eigenvalue weighted by Gasteiger charge is 2.05. The first-order valence-electron chi connectivity index (χ1n) is 4.02. The summed E-state index contributed by atoms with van der Waals surface area (Å²) in [4.78, 5) is 0. The number of nitrogen functional groups attached to an aromatic ring is 1. The minimum absolute atomic E-state index is 0.266. The molecule has 0 fully saturated rings. The van der Waals surface area contributed by atoms with Gasteiger partial charge in [-0.25, -0.2) is 4.39 Å². The molecule has 13 heavy (non-hydrogen) atoms. The Balaban J connectivity index is 2.83. The van der Waals surface area contributed by atoms with Crippen LogP contribution in [-0.4, -0.2) is 9.96 Å². The number of halogens is 1. The lowest BCUT2D eigenvalue weighted by Crippen LogP contribution is -2.00. The number of hydrogen-bond acceptors (Lipinski definition) is 2. The van der Waals surface area contributed by atoms with E-state index in [1.807, 2.05) is 6.92 Å². The zero-order valence-electron chi connectivity index (χ0n) is 7.42. The van der Waals surface area contributed by atoms with Crippen LogP contribution in [0.1, 0.15) is 12.5 Å². The number of benzene rings is 1. The SMILES string of the molecule is CCS(=O)Cc1ccc(N)cc1F. The molecule has 72 valence electrons. The van der Waals surface area contributed by atoms with E-state index in [4.69, 9.17) is 5.73 Å². The van der Waals surface area contributed by atoms with Crippen LogP contribution in [-0.2, 0) is 16.6 Å². The third-order valence-corrected chi connectivity index (χ3v) is 2.99. The Morgan fingerprint density at radius 3 is 2.77 bits per heavy atom. The van der Waals surface area contributed by atoms with Crippen molar-refractivity contribution in [2.75, 3.05) is 11.5 Å². The molecule has 4 heteroatoms. The van der Waals surface area contributed by atoms with Crippen LogP contribution in [0.3, 0.4) is 0 Å². The topological polar surface area (TPSA) is 43.1 Å². The van der Waals surface area contributed by atoms with Gasteiger partial charge in [0.15, 0.2) is 0 Å². The van der Waals surface area contributed by atoms with Crippen molar-refractivity contribution in [3.05, 3.63) is 29.6 Å². The van der Waals surface area contributed by atoms with Crippen LogP contribution < -0.4 is 5.73 Å². The van der Waals surface area contributed by atoms with E-state index in [0.717, 1.165) is 0 Å². The summed E-state index contributed by atoms with van der Waals surface area (Å²) in [6, 6.07) is 4.45. The van der Waals surface area contributed by atoms with Crippen LogP contribution in [0.4, 0.5) is 10.1 Å². The molecule has 0 aliphatic rings. The lowest BCUT2D eigenvalue weighted by atomic mass is 10.2. The molecule has 1 aromatic carbocycles. The second kappa shape index (κ2) is 4.37. The molecule has 0 saturated heterocycles. The first-order chi connectivity index (χ1) is 6.13. The van der Waals surface area contributed by atoms with Crippen molar-refractivity contribution >= 4 is 16.5 Å². The predicted molar refractivity (Wildman–Crippen MR) is 53.2 cm³/mol. The molecule has 0 bridgehead atoms. The largest absolute Gasteiger partial charge is 0.399 e. The number of anilines is 1. The summed E-state index contributed by atoms with van der Waals surface area (Å²) < 4.78 is 24.3. The smallest absolute Gasteiger partial charge is 0.129 e. The standard InChI is InChI=1S/C9H12FNOS/c1-2-13(12)6-7-3-4-8(11)5-9(7)10/h3-5H,2,6,11H2,1H3. The van der Waals surface area contributed by atoms with Crippen LogP contribution >= 0.6 is 0 Å². The van der Waals surface area contributed by atoms with Crippen molar-refractivity contribution in [3.8, 4) is 0 Å². The molecule has 1 aromatic rings. The van der Waals surface area contributed by atoms with Gasteiger partial charge in [0.05, 0.1) is 5.75 Å². The lowest BCUT2D eigenvalue weighted by Gasteiger charge is -2.02. The van der Waals surface area contributed by atoms with Gasteiger partial charge in [-0.2, -0.15) is 0 Å². The van der Waals surface area contributed by atoms with Gasteiger partial charge in [-0.1, -0.05) is 13.0 Å². The van der Waals surface area contributed by atoms with Crippen molar-refractivity contribution in [1.29, 1.82) is 0 Å². The maximum absolute atomic E-state index is 13.1. The molecule has 1 atom stereocenters. The average molecular weight is 201 g/mol. The first-order valence-corrected chi connectivity index (χ1v) is 5.51. The normalized spacial score (nSPS) is 12.8. The van der Waals surface area contributed by atoms with Crippen molar-refractivity contribution in [2.45, 2.75) is 12.7 Å². The first kappa shape index (κ1) is 10.2. The van der Waals surface area contributed by atoms with Crippen molar-refractivity contribution < 1.29 is 8.60 Å². The van der Waals surface area contributed by atoms with Gasteiger partial charge >= 0.3 is 0 Å². The van der Waals surface area contributed by atoms with E-state index in [-0.39, 0.29) is 11.6 Å². The fourth-order valence-corrected chi connectivity index (χ4v) is 1.74. The number of rotatable bonds is 3. The Morgan fingerprint density at radius 1 is 1.54 bits per heavy atom. The van der Waals surface area contributed by atoms with E-state index in [2.05, 4.69) is 0 Å². The van der Waals surface area contributed by atoms with E-state index in [1.165, 1.54) is 6.07 Å². The molecule has 2 nitrogen and oxygen atoms in total. The highest BCUT2D eigenvalue weighted by Crippen LogP contribution is 2.13. The minimum atomic E-state index is -0.976. The summed E-state index contributed by atoms with van der Waals surface area (Å²) in [7, 11) is -0.976. The molecule has 0 spiro atoms. The monoisotopic (exact) mass is 201 g/mol. The summed E-state index contributed by atoms with van der Waals surface area (Å²) in [5.41, 5.74) is 6.23. The van der Waals surface area contributed by atoms with Crippen LogP contribution in [0.25, 0.3) is 0 Å². The molecule has 2 N–H and O–H groups in total. The maximum atomic E-state index is 13.1. The van der Waals surface area contributed by atoms with Gasteiger partial charge in [-0.3, -0.25) is 4.21 Å². The van der Waals surface area contributed by atoms with Gasteiger partial charge in [0.25, 0.3) is 0 Å². The third-order valence-electron chi connectivity index (χ3n) is 1.72. The van der Waals surface area contributed by atoms with Crippen molar-refractivity contribution in [1.82, 2.24) is 0 Å². The average Bonchev–Trinajstić information content (AvgIpc) is 2.09. The fourth-order valence-electron chi connectivity index (χ4n) is 0.956. The fraction of sp³-hybridized carbons (Fsp3) is 0.333. The van der Waals surface area contributed by atoms with E-state index in [9.17, 15) is 8.60 Å². The Hall–Kier alpha value is -0.900. The van der Waals surface area contributed by atoms with Gasteiger partial charge in [-0.05, 0) is 12.1 Å². The summed E-state index contributed by atoms with van der Waals surface area (Å²) in [6.45, 7) is 1.81. The number of nitrogens with two attached hydrogens (primary N) is 1. The highest BCUT2D eigenvalue weighted by atomic mass is 32.2. The summed E-state index contributed by atoms with van der Waals surface area (Å²) >= 11 is 0. The maximum Gasteiger partial charge on any atom is 0.129 e. The quantitative estimate of drug-likeness (QED) is 0.756. The van der Waals surface area contributed by atoms with Crippen LogP contribution in [0.2, 0.25) is 0 Å². The van der Waals surface area contributed by atoms with Gasteiger partial charge in [0.2, 0.25) is 0 Å². The van der Waals surface area contributed by atoms with E-state index in [0.29, 0.717) is 17.0 Å². The zero-order valence-corrected chi connectivity index (χ0v) is 8.23. The molecule has 1 rings (SSSR count). The van der Waals surface area contributed by atoms with E-state index >= 15 is 0 Å². The molecule has 0 heterocycles. The summed E-state index contributed by atoms with van der Waals surface area (Å²) in [5, 5.41) is 0. The van der Waals surface area contributed by atoms with Gasteiger partial charge in [-0.15, -0.1) is 0 Å². The summed E-state index contributed by atoms with van der Waals surface area (Å²) in [6.07, 6.45) is 0.